The van der Waals surface area contributed by atoms with Crippen molar-refractivity contribution in [2.75, 3.05) is 10.6 Å². The van der Waals surface area contributed by atoms with Crippen molar-refractivity contribution >= 4 is 50.9 Å². The Bertz CT molecular complexity index is 1300. The van der Waals surface area contributed by atoms with Crippen LogP contribution in [0.2, 0.25) is 0 Å². The lowest BCUT2D eigenvalue weighted by molar-refractivity contribution is -0.116. The fraction of sp³-hybridized carbons (Fsp3) is 0.0714. The van der Waals surface area contributed by atoms with Crippen LogP contribution >= 0.6 is 27.7 Å². The van der Waals surface area contributed by atoms with Crippen molar-refractivity contribution in [1.82, 2.24) is 0 Å². The molecule has 0 aliphatic heterocycles. The predicted octanol–water partition coefficient (Wildman–Crippen LogP) is 7.24. The number of carbonyl (C=O) groups excluding carboxylic acids is 2. The number of anilines is 2. The van der Waals surface area contributed by atoms with Gasteiger partial charge in [0, 0.05) is 15.1 Å². The molecule has 2 N–H and O–H groups in total. The lowest BCUT2D eigenvalue weighted by atomic mass is 10.1. The summed E-state index contributed by atoms with van der Waals surface area (Å²) in [5.74, 6) is -0.947. The van der Waals surface area contributed by atoms with Gasteiger partial charge >= 0.3 is 0 Å². The number of hydrogen-bond donors (Lipinski definition) is 2. The van der Waals surface area contributed by atoms with Crippen LogP contribution in [0.25, 0.3) is 0 Å². The molecule has 4 nitrogen and oxygen atoms in total. The number of carbonyl (C=O) groups is 2. The minimum absolute atomic E-state index is 0.102. The summed E-state index contributed by atoms with van der Waals surface area (Å²) in [4.78, 5) is 26.4. The lowest BCUT2D eigenvalue weighted by Gasteiger charge is -2.18. The van der Waals surface area contributed by atoms with Gasteiger partial charge in [0.25, 0.3) is 0 Å². The molecule has 35 heavy (non-hydrogen) atoms. The SMILES string of the molecule is O=C(Cc1ccccc1)Nc1ccc(SC(C(=O)Nc2ccc(Br)cc2F)c2ccccc2)cc1. The standard InChI is InChI=1S/C28H22BrFN2O2S/c29-21-11-16-25(24(30)18-21)32-28(34)27(20-9-5-2-6-10-20)35-23-14-12-22(13-15-23)31-26(33)17-19-7-3-1-4-8-19/h1-16,18,27H,17H2,(H,31,33)(H,32,34). The normalized spacial score (nSPS) is 11.5. The van der Waals surface area contributed by atoms with E-state index in [2.05, 4.69) is 26.6 Å². The summed E-state index contributed by atoms with van der Waals surface area (Å²) in [6.45, 7) is 0. The Labute approximate surface area is 216 Å². The third-order valence-corrected chi connectivity index (χ3v) is 6.89. The molecule has 2 amide bonds. The van der Waals surface area contributed by atoms with Crippen LogP contribution in [0.5, 0.6) is 0 Å². The van der Waals surface area contributed by atoms with E-state index in [1.807, 2.05) is 72.8 Å². The number of amides is 2. The second-order valence-corrected chi connectivity index (χ2v) is 9.85. The summed E-state index contributed by atoms with van der Waals surface area (Å²) in [5, 5.41) is 5.00. The number of hydrogen-bond acceptors (Lipinski definition) is 3. The molecule has 0 spiro atoms. The van der Waals surface area contributed by atoms with Crippen molar-refractivity contribution < 1.29 is 14.0 Å². The molecule has 0 saturated heterocycles. The highest BCUT2D eigenvalue weighted by Crippen LogP contribution is 2.37. The number of thioether (sulfide) groups is 1. The van der Waals surface area contributed by atoms with Crippen LogP contribution in [-0.4, -0.2) is 11.8 Å². The number of nitrogens with one attached hydrogen (secondary N) is 2. The van der Waals surface area contributed by atoms with Crippen molar-refractivity contribution in [1.29, 1.82) is 0 Å². The molecular weight excluding hydrogens is 527 g/mol. The quantitative estimate of drug-likeness (QED) is 0.228. The fourth-order valence-electron chi connectivity index (χ4n) is 3.43. The second-order valence-electron chi connectivity index (χ2n) is 7.76. The minimum atomic E-state index is -0.599. The predicted molar refractivity (Wildman–Crippen MR) is 143 cm³/mol. The van der Waals surface area contributed by atoms with Gasteiger partial charge in [0.05, 0.1) is 12.1 Å². The minimum Gasteiger partial charge on any atom is -0.326 e. The van der Waals surface area contributed by atoms with Crippen molar-refractivity contribution in [2.45, 2.75) is 16.6 Å². The third-order valence-electron chi connectivity index (χ3n) is 5.13. The van der Waals surface area contributed by atoms with Crippen LogP contribution in [0, 0.1) is 5.82 Å². The van der Waals surface area contributed by atoms with Crippen LogP contribution in [-0.2, 0) is 16.0 Å². The highest BCUT2D eigenvalue weighted by atomic mass is 79.9. The molecule has 0 aliphatic rings. The Hall–Kier alpha value is -3.42. The first kappa shape index (κ1) is 24.7. The summed E-state index contributed by atoms with van der Waals surface area (Å²) >= 11 is 4.58. The molecule has 4 aromatic rings. The molecule has 176 valence electrons. The first-order valence-corrected chi connectivity index (χ1v) is 12.6. The molecule has 4 aromatic carbocycles. The number of benzene rings is 4. The van der Waals surface area contributed by atoms with Gasteiger partial charge in [-0.05, 0) is 53.6 Å². The second kappa shape index (κ2) is 11.8. The number of rotatable bonds is 8. The Morgan fingerprint density at radius 3 is 2.14 bits per heavy atom. The summed E-state index contributed by atoms with van der Waals surface area (Å²) in [6.07, 6.45) is 0.292. The molecule has 4 rings (SSSR count). The van der Waals surface area contributed by atoms with Gasteiger partial charge in [0.15, 0.2) is 0 Å². The molecule has 7 heteroatoms. The van der Waals surface area contributed by atoms with Crippen LogP contribution < -0.4 is 10.6 Å². The van der Waals surface area contributed by atoms with Crippen LogP contribution in [0.3, 0.4) is 0 Å². The topological polar surface area (TPSA) is 58.2 Å². The van der Waals surface area contributed by atoms with Gasteiger partial charge in [-0.15, -0.1) is 11.8 Å². The molecule has 1 unspecified atom stereocenters. The molecule has 0 saturated carbocycles. The average molecular weight is 549 g/mol. The summed E-state index contributed by atoms with van der Waals surface area (Å²) in [6, 6.07) is 30.7. The van der Waals surface area contributed by atoms with Crippen molar-refractivity contribution in [3.05, 3.63) is 125 Å². The van der Waals surface area contributed by atoms with E-state index in [0.29, 0.717) is 16.6 Å². The molecule has 0 radical (unpaired) electrons. The maximum atomic E-state index is 14.3. The van der Waals surface area contributed by atoms with Crippen LogP contribution in [0.1, 0.15) is 16.4 Å². The van der Waals surface area contributed by atoms with Crippen molar-refractivity contribution in [2.24, 2.45) is 0 Å². The van der Waals surface area contributed by atoms with E-state index < -0.39 is 11.1 Å². The van der Waals surface area contributed by atoms with Gasteiger partial charge in [0.1, 0.15) is 11.1 Å². The van der Waals surface area contributed by atoms with E-state index >= 15 is 0 Å². The van der Waals surface area contributed by atoms with E-state index in [9.17, 15) is 14.0 Å². The van der Waals surface area contributed by atoms with Gasteiger partial charge < -0.3 is 10.6 Å². The smallest absolute Gasteiger partial charge is 0.242 e. The molecule has 1 atom stereocenters. The monoisotopic (exact) mass is 548 g/mol. The largest absolute Gasteiger partial charge is 0.326 e. The van der Waals surface area contributed by atoms with E-state index in [-0.39, 0.29) is 17.5 Å². The Balaban J connectivity index is 1.46. The molecule has 0 aliphatic carbocycles. The zero-order valence-electron chi connectivity index (χ0n) is 18.6. The fourth-order valence-corrected chi connectivity index (χ4v) is 4.79. The first-order valence-electron chi connectivity index (χ1n) is 10.9. The van der Waals surface area contributed by atoms with Crippen LogP contribution in [0.15, 0.2) is 112 Å². The van der Waals surface area contributed by atoms with Crippen LogP contribution in [0.4, 0.5) is 15.8 Å². The van der Waals surface area contributed by atoms with Gasteiger partial charge in [-0.1, -0.05) is 76.6 Å². The Kier molecular flexibility index (Phi) is 8.34. The molecule has 0 heterocycles. The van der Waals surface area contributed by atoms with Gasteiger partial charge in [-0.25, -0.2) is 4.39 Å². The number of halogens is 2. The average Bonchev–Trinajstić information content (AvgIpc) is 2.86. The Morgan fingerprint density at radius 1 is 0.829 bits per heavy atom. The third kappa shape index (κ3) is 7.04. The molecule has 0 fully saturated rings. The molecular formula is C28H22BrFN2O2S. The zero-order chi connectivity index (χ0) is 24.6. The van der Waals surface area contributed by atoms with E-state index in [4.69, 9.17) is 0 Å². The summed E-state index contributed by atoms with van der Waals surface area (Å²) < 4.78 is 14.9. The lowest BCUT2D eigenvalue weighted by Crippen LogP contribution is -2.19. The van der Waals surface area contributed by atoms with E-state index in [1.165, 1.54) is 23.9 Å². The summed E-state index contributed by atoms with van der Waals surface area (Å²) in [5.41, 5.74) is 2.54. The molecule has 0 aromatic heterocycles. The highest BCUT2D eigenvalue weighted by Gasteiger charge is 2.23. The van der Waals surface area contributed by atoms with Crippen molar-refractivity contribution in [3.63, 3.8) is 0 Å². The van der Waals surface area contributed by atoms with Crippen molar-refractivity contribution in [3.8, 4) is 0 Å². The molecule has 0 bridgehead atoms. The van der Waals surface area contributed by atoms with Gasteiger partial charge in [-0.2, -0.15) is 0 Å². The first-order chi connectivity index (χ1) is 17.0. The van der Waals surface area contributed by atoms with Gasteiger partial charge in [0.2, 0.25) is 11.8 Å². The summed E-state index contributed by atoms with van der Waals surface area (Å²) in [7, 11) is 0. The highest BCUT2D eigenvalue weighted by molar-refractivity contribution is 9.10. The van der Waals surface area contributed by atoms with E-state index in [1.54, 1.807) is 18.2 Å². The Morgan fingerprint density at radius 2 is 1.49 bits per heavy atom. The maximum Gasteiger partial charge on any atom is 0.242 e. The van der Waals surface area contributed by atoms with E-state index in [0.717, 1.165) is 16.0 Å². The zero-order valence-corrected chi connectivity index (χ0v) is 21.0. The maximum absolute atomic E-state index is 14.3. The van der Waals surface area contributed by atoms with Gasteiger partial charge in [-0.3, -0.25) is 9.59 Å².